The zero-order chi connectivity index (χ0) is 10.8. The standard InChI is InChI=1S/C13H23NO/c1-10(2)13(15)14-9-5-8-12(14)11-6-3-4-7-11/h10-12H,3-9H2,1-2H3. The fourth-order valence-corrected chi connectivity index (χ4v) is 3.23. The maximum Gasteiger partial charge on any atom is 0.225 e. The number of hydrogen-bond donors (Lipinski definition) is 0. The van der Waals surface area contributed by atoms with Crippen LogP contribution >= 0.6 is 0 Å². The Morgan fingerprint density at radius 3 is 2.40 bits per heavy atom. The minimum Gasteiger partial charge on any atom is -0.339 e. The van der Waals surface area contributed by atoms with Gasteiger partial charge in [-0.05, 0) is 31.6 Å². The summed E-state index contributed by atoms with van der Waals surface area (Å²) in [5, 5.41) is 0. The van der Waals surface area contributed by atoms with E-state index in [0.29, 0.717) is 11.9 Å². The van der Waals surface area contributed by atoms with Gasteiger partial charge in [-0.2, -0.15) is 0 Å². The van der Waals surface area contributed by atoms with Crippen LogP contribution in [0.2, 0.25) is 0 Å². The van der Waals surface area contributed by atoms with Gasteiger partial charge < -0.3 is 4.90 Å². The number of carbonyl (C=O) groups excluding carboxylic acids is 1. The van der Waals surface area contributed by atoms with Crippen molar-refractivity contribution in [1.82, 2.24) is 4.90 Å². The highest BCUT2D eigenvalue weighted by Crippen LogP contribution is 2.35. The summed E-state index contributed by atoms with van der Waals surface area (Å²) >= 11 is 0. The lowest BCUT2D eigenvalue weighted by molar-refractivity contribution is -0.136. The number of likely N-dealkylation sites (tertiary alicyclic amines) is 1. The molecular formula is C13H23NO. The smallest absolute Gasteiger partial charge is 0.225 e. The molecule has 1 heterocycles. The monoisotopic (exact) mass is 209 g/mol. The van der Waals surface area contributed by atoms with Crippen molar-refractivity contribution in [2.24, 2.45) is 11.8 Å². The molecule has 1 saturated carbocycles. The summed E-state index contributed by atoms with van der Waals surface area (Å²) < 4.78 is 0. The lowest BCUT2D eigenvalue weighted by atomic mass is 9.95. The van der Waals surface area contributed by atoms with Crippen LogP contribution in [0.3, 0.4) is 0 Å². The molecule has 1 amide bonds. The van der Waals surface area contributed by atoms with E-state index < -0.39 is 0 Å². The molecule has 1 unspecified atom stereocenters. The fourth-order valence-electron chi connectivity index (χ4n) is 3.23. The van der Waals surface area contributed by atoms with Crippen molar-refractivity contribution in [3.05, 3.63) is 0 Å². The van der Waals surface area contributed by atoms with E-state index in [1.54, 1.807) is 0 Å². The van der Waals surface area contributed by atoms with Crippen molar-refractivity contribution in [1.29, 1.82) is 0 Å². The molecule has 0 aromatic carbocycles. The lowest BCUT2D eigenvalue weighted by Crippen LogP contribution is -2.41. The second kappa shape index (κ2) is 4.54. The SMILES string of the molecule is CC(C)C(=O)N1CCCC1C1CCCC1. The Bertz CT molecular complexity index is 231. The van der Waals surface area contributed by atoms with Crippen molar-refractivity contribution in [2.45, 2.75) is 58.4 Å². The summed E-state index contributed by atoms with van der Waals surface area (Å²) in [6.07, 6.45) is 7.94. The minimum atomic E-state index is 0.173. The van der Waals surface area contributed by atoms with Crippen LogP contribution < -0.4 is 0 Å². The topological polar surface area (TPSA) is 20.3 Å². The Morgan fingerprint density at radius 2 is 1.80 bits per heavy atom. The second-order valence-corrected chi connectivity index (χ2v) is 5.44. The Balaban J connectivity index is 2.01. The van der Waals surface area contributed by atoms with Crippen molar-refractivity contribution in [3.8, 4) is 0 Å². The van der Waals surface area contributed by atoms with Crippen LogP contribution in [0.4, 0.5) is 0 Å². The predicted molar refractivity (Wildman–Crippen MR) is 61.5 cm³/mol. The third kappa shape index (κ3) is 2.19. The molecule has 0 N–H and O–H groups in total. The van der Waals surface area contributed by atoms with Gasteiger partial charge in [-0.3, -0.25) is 4.79 Å². The summed E-state index contributed by atoms with van der Waals surface area (Å²) in [5.74, 6) is 1.37. The number of hydrogen-bond acceptors (Lipinski definition) is 1. The highest BCUT2D eigenvalue weighted by atomic mass is 16.2. The number of rotatable bonds is 2. The molecule has 0 aromatic heterocycles. The molecule has 1 atom stereocenters. The molecule has 2 heteroatoms. The Labute approximate surface area is 93.0 Å². The molecule has 86 valence electrons. The van der Waals surface area contributed by atoms with Gasteiger partial charge in [0.05, 0.1) is 0 Å². The van der Waals surface area contributed by atoms with Gasteiger partial charge in [0.2, 0.25) is 5.91 Å². The fraction of sp³-hybridized carbons (Fsp3) is 0.923. The van der Waals surface area contributed by atoms with Gasteiger partial charge in [-0.25, -0.2) is 0 Å². The zero-order valence-electron chi connectivity index (χ0n) is 10.0. The molecule has 0 radical (unpaired) electrons. The Kier molecular flexibility index (Phi) is 3.32. The zero-order valence-corrected chi connectivity index (χ0v) is 10.0. The van der Waals surface area contributed by atoms with Gasteiger partial charge in [0, 0.05) is 18.5 Å². The van der Waals surface area contributed by atoms with E-state index in [-0.39, 0.29) is 5.92 Å². The summed E-state index contributed by atoms with van der Waals surface area (Å²) in [6.45, 7) is 5.05. The van der Waals surface area contributed by atoms with Gasteiger partial charge in [0.1, 0.15) is 0 Å². The normalized spacial score (nSPS) is 27.9. The maximum absolute atomic E-state index is 12.0. The van der Waals surface area contributed by atoms with E-state index in [1.807, 2.05) is 13.8 Å². The van der Waals surface area contributed by atoms with Gasteiger partial charge in [0.15, 0.2) is 0 Å². The van der Waals surface area contributed by atoms with Gasteiger partial charge in [-0.15, -0.1) is 0 Å². The largest absolute Gasteiger partial charge is 0.339 e. The third-order valence-corrected chi connectivity index (χ3v) is 4.02. The van der Waals surface area contributed by atoms with Crippen LogP contribution in [0.1, 0.15) is 52.4 Å². The molecule has 1 aliphatic heterocycles. The molecule has 2 fully saturated rings. The van der Waals surface area contributed by atoms with E-state index in [1.165, 1.54) is 38.5 Å². The van der Waals surface area contributed by atoms with Crippen molar-refractivity contribution in [2.75, 3.05) is 6.54 Å². The Morgan fingerprint density at radius 1 is 1.13 bits per heavy atom. The lowest BCUT2D eigenvalue weighted by Gasteiger charge is -2.30. The van der Waals surface area contributed by atoms with Crippen LogP contribution in [0.15, 0.2) is 0 Å². The first-order chi connectivity index (χ1) is 7.20. The number of nitrogens with zero attached hydrogens (tertiary/aromatic N) is 1. The van der Waals surface area contributed by atoms with Gasteiger partial charge >= 0.3 is 0 Å². The summed E-state index contributed by atoms with van der Waals surface area (Å²) in [4.78, 5) is 14.2. The van der Waals surface area contributed by atoms with E-state index in [2.05, 4.69) is 4.90 Å². The number of amides is 1. The average Bonchev–Trinajstić information content (AvgIpc) is 2.86. The molecule has 1 saturated heterocycles. The third-order valence-electron chi connectivity index (χ3n) is 4.02. The summed E-state index contributed by atoms with van der Waals surface area (Å²) in [7, 11) is 0. The highest BCUT2D eigenvalue weighted by molar-refractivity contribution is 5.78. The molecule has 15 heavy (non-hydrogen) atoms. The molecule has 1 aliphatic carbocycles. The molecule has 0 spiro atoms. The van der Waals surface area contributed by atoms with Crippen molar-refractivity contribution < 1.29 is 4.79 Å². The van der Waals surface area contributed by atoms with E-state index >= 15 is 0 Å². The molecular weight excluding hydrogens is 186 g/mol. The molecule has 2 nitrogen and oxygen atoms in total. The predicted octanol–water partition coefficient (Wildman–Crippen LogP) is 2.82. The van der Waals surface area contributed by atoms with Crippen molar-refractivity contribution >= 4 is 5.91 Å². The van der Waals surface area contributed by atoms with Crippen LogP contribution in [-0.2, 0) is 4.79 Å². The van der Waals surface area contributed by atoms with Crippen molar-refractivity contribution in [3.63, 3.8) is 0 Å². The minimum absolute atomic E-state index is 0.173. The first kappa shape index (κ1) is 11.0. The molecule has 2 rings (SSSR count). The first-order valence-electron chi connectivity index (χ1n) is 6.50. The summed E-state index contributed by atoms with van der Waals surface area (Å²) in [5.41, 5.74) is 0. The van der Waals surface area contributed by atoms with Crippen LogP contribution in [-0.4, -0.2) is 23.4 Å². The van der Waals surface area contributed by atoms with E-state index in [9.17, 15) is 4.79 Å². The van der Waals surface area contributed by atoms with Gasteiger partial charge in [0.25, 0.3) is 0 Å². The van der Waals surface area contributed by atoms with Crippen LogP contribution in [0.5, 0.6) is 0 Å². The maximum atomic E-state index is 12.0. The highest BCUT2D eigenvalue weighted by Gasteiger charge is 2.36. The molecule has 2 aliphatic rings. The first-order valence-corrected chi connectivity index (χ1v) is 6.50. The van der Waals surface area contributed by atoms with Crippen LogP contribution in [0, 0.1) is 11.8 Å². The molecule has 0 bridgehead atoms. The van der Waals surface area contributed by atoms with Gasteiger partial charge in [-0.1, -0.05) is 26.7 Å². The Hall–Kier alpha value is -0.530. The number of carbonyl (C=O) groups is 1. The molecule has 0 aromatic rings. The van der Waals surface area contributed by atoms with E-state index in [4.69, 9.17) is 0 Å². The van der Waals surface area contributed by atoms with Crippen LogP contribution in [0.25, 0.3) is 0 Å². The summed E-state index contributed by atoms with van der Waals surface area (Å²) in [6, 6.07) is 0.586. The average molecular weight is 209 g/mol. The quantitative estimate of drug-likeness (QED) is 0.685. The van der Waals surface area contributed by atoms with E-state index in [0.717, 1.165) is 12.5 Å². The second-order valence-electron chi connectivity index (χ2n) is 5.44.